The average Bonchev–Trinajstić information content (AvgIpc) is 2.85. The molecular weight excluding hydrogens is 304 g/mol. The van der Waals surface area contributed by atoms with Crippen LogP contribution < -0.4 is 4.90 Å². The highest BCUT2D eigenvalue weighted by Crippen LogP contribution is 2.43. The summed E-state index contributed by atoms with van der Waals surface area (Å²) in [6.07, 6.45) is 0.0215. The number of nitro benzene ring substituents is 1. The second kappa shape index (κ2) is 7.08. The van der Waals surface area contributed by atoms with Crippen molar-refractivity contribution in [3.8, 4) is 0 Å². The molecule has 8 nitrogen and oxygen atoms in total. The van der Waals surface area contributed by atoms with Crippen LogP contribution in [0.4, 0.5) is 11.4 Å². The Morgan fingerprint density at radius 2 is 2.13 bits per heavy atom. The number of anilines is 1. The van der Waals surface area contributed by atoms with Gasteiger partial charge in [-0.25, -0.2) is 0 Å². The highest BCUT2D eigenvalue weighted by Gasteiger charge is 2.37. The second-order valence-electron chi connectivity index (χ2n) is 5.13. The summed E-state index contributed by atoms with van der Waals surface area (Å²) in [5.74, 6) is -1.26. The Balaban J connectivity index is 2.35. The van der Waals surface area contributed by atoms with Gasteiger partial charge in [-0.1, -0.05) is 6.07 Å². The highest BCUT2D eigenvalue weighted by atomic mass is 16.6. The molecule has 0 N–H and O–H groups in total. The van der Waals surface area contributed by atoms with Gasteiger partial charge in [0.15, 0.2) is 0 Å². The Kier molecular flexibility index (Phi) is 5.15. The lowest BCUT2D eigenvalue weighted by atomic mass is 9.96. The summed E-state index contributed by atoms with van der Waals surface area (Å²) in [5, 5.41) is 11.3. The number of hydrogen-bond donors (Lipinski definition) is 0. The van der Waals surface area contributed by atoms with Gasteiger partial charge in [-0.3, -0.25) is 19.7 Å². The fourth-order valence-electron chi connectivity index (χ4n) is 2.81. The number of hydrogen-bond acceptors (Lipinski definition) is 7. The van der Waals surface area contributed by atoms with Crippen molar-refractivity contribution in [3.63, 3.8) is 0 Å². The molecule has 8 heteroatoms. The third-order valence-corrected chi connectivity index (χ3v) is 3.71. The van der Waals surface area contributed by atoms with Crippen molar-refractivity contribution in [3.05, 3.63) is 33.9 Å². The van der Waals surface area contributed by atoms with Crippen molar-refractivity contribution in [2.45, 2.75) is 19.3 Å². The first-order valence-corrected chi connectivity index (χ1v) is 7.22. The maximum Gasteiger partial charge on any atom is 0.325 e. The number of carbonyl (C=O) groups excluding carboxylic acids is 2. The number of carbonyl (C=O) groups is 2. The summed E-state index contributed by atoms with van der Waals surface area (Å²) in [6, 6.07) is 4.67. The van der Waals surface area contributed by atoms with Gasteiger partial charge in [0.2, 0.25) is 0 Å². The fourth-order valence-corrected chi connectivity index (χ4v) is 2.81. The average molecular weight is 322 g/mol. The number of esters is 2. The number of nitro groups is 1. The van der Waals surface area contributed by atoms with E-state index in [1.165, 1.54) is 13.2 Å². The van der Waals surface area contributed by atoms with E-state index in [1.807, 2.05) is 0 Å². The zero-order valence-corrected chi connectivity index (χ0v) is 13.0. The van der Waals surface area contributed by atoms with E-state index in [-0.39, 0.29) is 25.3 Å². The molecule has 1 aromatic rings. The van der Waals surface area contributed by atoms with Crippen molar-refractivity contribution in [2.75, 3.05) is 31.7 Å². The summed E-state index contributed by atoms with van der Waals surface area (Å²) in [6.45, 7) is 2.29. The van der Waals surface area contributed by atoms with Crippen LogP contribution in [0.5, 0.6) is 0 Å². The van der Waals surface area contributed by atoms with Crippen LogP contribution in [0.3, 0.4) is 0 Å². The van der Waals surface area contributed by atoms with Gasteiger partial charge >= 0.3 is 11.9 Å². The summed E-state index contributed by atoms with van der Waals surface area (Å²) >= 11 is 0. The molecule has 0 amide bonds. The van der Waals surface area contributed by atoms with E-state index >= 15 is 0 Å². The minimum absolute atomic E-state index is 0.0142. The van der Waals surface area contributed by atoms with Gasteiger partial charge in [-0.05, 0) is 13.0 Å². The van der Waals surface area contributed by atoms with Crippen LogP contribution in [0, 0.1) is 10.1 Å². The molecule has 1 aromatic carbocycles. The van der Waals surface area contributed by atoms with Crippen LogP contribution >= 0.6 is 0 Å². The molecular formula is C15H18N2O6. The topological polar surface area (TPSA) is 99.0 Å². The normalized spacial score (nSPS) is 15.9. The third-order valence-electron chi connectivity index (χ3n) is 3.71. The highest BCUT2D eigenvalue weighted by molar-refractivity contribution is 5.80. The Bertz CT molecular complexity index is 630. The number of fused-ring (bicyclic) bond motifs is 1. The molecule has 23 heavy (non-hydrogen) atoms. The summed E-state index contributed by atoms with van der Waals surface area (Å²) in [7, 11) is 1.27. The monoisotopic (exact) mass is 322 g/mol. The number of nitrogens with zero attached hydrogens (tertiary/aromatic N) is 2. The van der Waals surface area contributed by atoms with E-state index < -0.39 is 22.8 Å². The van der Waals surface area contributed by atoms with Crippen molar-refractivity contribution in [2.24, 2.45) is 0 Å². The molecule has 1 aliphatic heterocycles. The standard InChI is InChI=1S/C15H18N2O6/c1-3-23-14(19)9-16-8-10(7-13(18)22-2)15-11(16)5-4-6-12(15)17(20)21/h4-6,10H,3,7-9H2,1-2H3. The minimum atomic E-state index is -0.475. The predicted molar refractivity (Wildman–Crippen MR) is 81.3 cm³/mol. The van der Waals surface area contributed by atoms with Crippen LogP contribution in [0.15, 0.2) is 18.2 Å². The van der Waals surface area contributed by atoms with E-state index in [0.717, 1.165) is 0 Å². The van der Waals surface area contributed by atoms with E-state index in [2.05, 4.69) is 4.74 Å². The van der Waals surface area contributed by atoms with E-state index in [1.54, 1.807) is 24.0 Å². The molecule has 0 spiro atoms. The molecule has 1 atom stereocenters. The zero-order valence-electron chi connectivity index (χ0n) is 13.0. The van der Waals surface area contributed by atoms with Crippen molar-refractivity contribution < 1.29 is 24.0 Å². The lowest BCUT2D eigenvalue weighted by molar-refractivity contribution is -0.385. The quantitative estimate of drug-likeness (QED) is 0.446. The molecule has 0 aromatic heterocycles. The zero-order chi connectivity index (χ0) is 17.0. The molecule has 124 valence electrons. The van der Waals surface area contributed by atoms with Crippen LogP contribution in [-0.4, -0.2) is 43.7 Å². The van der Waals surface area contributed by atoms with E-state index in [9.17, 15) is 19.7 Å². The summed E-state index contributed by atoms with van der Waals surface area (Å²) in [4.78, 5) is 35.8. The molecule has 0 radical (unpaired) electrons. The van der Waals surface area contributed by atoms with Gasteiger partial charge in [-0.2, -0.15) is 0 Å². The minimum Gasteiger partial charge on any atom is -0.469 e. The van der Waals surface area contributed by atoms with Gasteiger partial charge in [-0.15, -0.1) is 0 Å². The summed E-state index contributed by atoms with van der Waals surface area (Å²) < 4.78 is 9.59. The van der Waals surface area contributed by atoms with Gasteiger partial charge in [0.25, 0.3) is 5.69 Å². The van der Waals surface area contributed by atoms with Crippen LogP contribution in [-0.2, 0) is 19.1 Å². The molecule has 0 bridgehead atoms. The smallest absolute Gasteiger partial charge is 0.325 e. The first-order valence-electron chi connectivity index (χ1n) is 7.22. The number of benzene rings is 1. The molecule has 0 saturated carbocycles. The Morgan fingerprint density at radius 3 is 2.74 bits per heavy atom. The fraction of sp³-hybridized carbons (Fsp3) is 0.467. The maximum absolute atomic E-state index is 11.7. The number of methoxy groups -OCH3 is 1. The molecule has 0 aliphatic carbocycles. The summed E-state index contributed by atoms with van der Waals surface area (Å²) in [5.41, 5.74) is 0.996. The van der Waals surface area contributed by atoms with Crippen molar-refractivity contribution in [1.29, 1.82) is 0 Å². The first-order chi connectivity index (χ1) is 11.0. The molecule has 1 aliphatic rings. The third kappa shape index (κ3) is 3.58. The van der Waals surface area contributed by atoms with E-state index in [0.29, 0.717) is 17.8 Å². The largest absolute Gasteiger partial charge is 0.469 e. The Morgan fingerprint density at radius 1 is 1.39 bits per heavy atom. The SMILES string of the molecule is CCOC(=O)CN1CC(CC(=O)OC)c2c1cccc2[N+](=O)[O-]. The first kappa shape index (κ1) is 16.7. The van der Waals surface area contributed by atoms with Gasteiger partial charge < -0.3 is 14.4 Å². The van der Waals surface area contributed by atoms with Crippen LogP contribution in [0.2, 0.25) is 0 Å². The molecule has 0 saturated heterocycles. The number of rotatable bonds is 6. The van der Waals surface area contributed by atoms with Gasteiger partial charge in [0, 0.05) is 24.2 Å². The molecule has 1 unspecified atom stereocenters. The Labute approximate surface area is 133 Å². The second-order valence-corrected chi connectivity index (χ2v) is 5.13. The predicted octanol–water partition coefficient (Wildman–Crippen LogP) is 1.62. The van der Waals surface area contributed by atoms with Crippen LogP contribution in [0.25, 0.3) is 0 Å². The number of ether oxygens (including phenoxy) is 2. The van der Waals surface area contributed by atoms with Gasteiger partial charge in [0.1, 0.15) is 6.54 Å². The lowest BCUT2D eigenvalue weighted by Gasteiger charge is -2.18. The Hall–Kier alpha value is -2.64. The maximum atomic E-state index is 11.7. The van der Waals surface area contributed by atoms with Crippen molar-refractivity contribution >= 4 is 23.3 Å². The lowest BCUT2D eigenvalue weighted by Crippen LogP contribution is -2.30. The van der Waals surface area contributed by atoms with Crippen LogP contribution in [0.1, 0.15) is 24.8 Å². The van der Waals surface area contributed by atoms with E-state index in [4.69, 9.17) is 4.74 Å². The van der Waals surface area contributed by atoms with Gasteiger partial charge in [0.05, 0.1) is 30.6 Å². The molecule has 1 heterocycles. The molecule has 2 rings (SSSR count). The molecule has 0 fully saturated rings. The van der Waals surface area contributed by atoms with Crippen molar-refractivity contribution in [1.82, 2.24) is 0 Å².